The highest BCUT2D eigenvalue weighted by Gasteiger charge is 2.49. The Kier molecular flexibility index (Phi) is 5.87. The van der Waals surface area contributed by atoms with E-state index in [0.29, 0.717) is 43.9 Å². The van der Waals surface area contributed by atoms with E-state index in [0.717, 1.165) is 19.3 Å². The molecule has 7 heteroatoms. The number of benzene rings is 1. The maximum atomic E-state index is 14.2. The van der Waals surface area contributed by atoms with Gasteiger partial charge in [0, 0.05) is 38.3 Å². The molecule has 1 aromatic rings. The van der Waals surface area contributed by atoms with Gasteiger partial charge in [0.1, 0.15) is 11.6 Å². The van der Waals surface area contributed by atoms with E-state index in [9.17, 15) is 14.0 Å². The number of halogens is 1. The molecular formula is C20H28FN3O3. The van der Waals surface area contributed by atoms with Crippen LogP contribution in [0.25, 0.3) is 0 Å². The lowest BCUT2D eigenvalue weighted by atomic mass is 9.78. The lowest BCUT2D eigenvalue weighted by Crippen LogP contribution is -2.50. The van der Waals surface area contributed by atoms with Crippen molar-refractivity contribution >= 4 is 11.9 Å². The molecule has 2 fully saturated rings. The first kappa shape index (κ1) is 19.5. The summed E-state index contributed by atoms with van der Waals surface area (Å²) in [6.45, 7) is 4.51. The van der Waals surface area contributed by atoms with E-state index in [1.54, 1.807) is 21.9 Å². The molecule has 3 rings (SSSR count). The van der Waals surface area contributed by atoms with Gasteiger partial charge in [-0.1, -0.05) is 6.92 Å². The van der Waals surface area contributed by atoms with E-state index in [1.807, 2.05) is 6.92 Å². The van der Waals surface area contributed by atoms with Crippen LogP contribution < -0.4 is 10.1 Å². The molecule has 1 atom stereocenters. The van der Waals surface area contributed by atoms with Gasteiger partial charge in [0.05, 0.1) is 12.5 Å². The van der Waals surface area contributed by atoms with Crippen LogP contribution in [0.2, 0.25) is 0 Å². The Balaban J connectivity index is 1.70. The number of methoxy groups -OCH3 is 1. The second-order valence-electron chi connectivity index (χ2n) is 7.47. The fourth-order valence-electron chi connectivity index (χ4n) is 4.08. The molecule has 1 spiro atoms. The quantitative estimate of drug-likeness (QED) is 0.858. The van der Waals surface area contributed by atoms with Crippen LogP contribution in [0, 0.1) is 11.2 Å². The molecule has 1 aromatic carbocycles. The monoisotopic (exact) mass is 377 g/mol. The zero-order chi connectivity index (χ0) is 19.4. The third-order valence-electron chi connectivity index (χ3n) is 5.61. The van der Waals surface area contributed by atoms with Crippen molar-refractivity contribution in [1.29, 1.82) is 0 Å². The largest absolute Gasteiger partial charge is 0.497 e. The number of rotatable bonds is 5. The predicted octanol–water partition coefficient (Wildman–Crippen LogP) is 2.77. The van der Waals surface area contributed by atoms with Gasteiger partial charge in [0.15, 0.2) is 0 Å². The average Bonchev–Trinajstić information content (AvgIpc) is 3.10. The van der Waals surface area contributed by atoms with Gasteiger partial charge in [0.2, 0.25) is 5.91 Å². The topological polar surface area (TPSA) is 61.9 Å². The summed E-state index contributed by atoms with van der Waals surface area (Å²) in [7, 11) is 1.54. The van der Waals surface area contributed by atoms with Crippen molar-refractivity contribution < 1.29 is 18.7 Å². The summed E-state index contributed by atoms with van der Waals surface area (Å²) in [4.78, 5) is 28.9. The van der Waals surface area contributed by atoms with Gasteiger partial charge in [-0.15, -0.1) is 0 Å². The SMILES string of the molecule is CCCNC(=O)N1CC[C@]2(CCCN(Cc3cc(OC)ccc3F)C2=O)C1. The van der Waals surface area contributed by atoms with Gasteiger partial charge in [-0.2, -0.15) is 0 Å². The van der Waals surface area contributed by atoms with Gasteiger partial charge >= 0.3 is 6.03 Å². The van der Waals surface area contributed by atoms with Crippen LogP contribution in [-0.2, 0) is 11.3 Å². The van der Waals surface area contributed by atoms with E-state index in [2.05, 4.69) is 5.32 Å². The van der Waals surface area contributed by atoms with Crippen LogP contribution in [0.3, 0.4) is 0 Å². The van der Waals surface area contributed by atoms with Crippen molar-refractivity contribution in [3.05, 3.63) is 29.6 Å². The Morgan fingerprint density at radius 1 is 1.33 bits per heavy atom. The summed E-state index contributed by atoms with van der Waals surface area (Å²) in [6.07, 6.45) is 3.19. The summed E-state index contributed by atoms with van der Waals surface area (Å²) in [5, 5.41) is 2.88. The van der Waals surface area contributed by atoms with Gasteiger partial charge in [-0.25, -0.2) is 9.18 Å². The van der Waals surface area contributed by atoms with Gasteiger partial charge in [-0.3, -0.25) is 4.79 Å². The first-order valence-corrected chi connectivity index (χ1v) is 9.63. The number of carbonyl (C=O) groups excluding carboxylic acids is 2. The van der Waals surface area contributed by atoms with Crippen molar-refractivity contribution in [2.45, 2.75) is 39.2 Å². The number of hydrogen-bond donors (Lipinski definition) is 1. The second-order valence-corrected chi connectivity index (χ2v) is 7.47. The highest BCUT2D eigenvalue weighted by Crippen LogP contribution is 2.40. The predicted molar refractivity (Wildman–Crippen MR) is 99.9 cm³/mol. The lowest BCUT2D eigenvalue weighted by molar-refractivity contribution is -0.146. The molecule has 0 radical (unpaired) electrons. The first-order valence-electron chi connectivity index (χ1n) is 9.63. The van der Waals surface area contributed by atoms with E-state index >= 15 is 0 Å². The molecule has 148 valence electrons. The number of carbonyl (C=O) groups is 2. The molecule has 1 N–H and O–H groups in total. The van der Waals surface area contributed by atoms with Crippen LogP contribution in [-0.4, -0.2) is 55.0 Å². The standard InChI is InChI=1S/C20H28FN3O3/c1-3-9-22-19(26)24-11-8-20(14-24)7-4-10-23(18(20)25)13-15-12-16(27-2)5-6-17(15)21/h5-6,12H,3-4,7-11,13-14H2,1-2H3,(H,22,26)/t20-/m1/s1. The molecule has 27 heavy (non-hydrogen) atoms. The zero-order valence-electron chi connectivity index (χ0n) is 16.1. The minimum Gasteiger partial charge on any atom is -0.497 e. The number of likely N-dealkylation sites (tertiary alicyclic amines) is 2. The van der Waals surface area contributed by atoms with Crippen molar-refractivity contribution in [3.63, 3.8) is 0 Å². The molecular weight excluding hydrogens is 349 g/mol. The van der Waals surface area contributed by atoms with E-state index in [4.69, 9.17) is 4.74 Å². The number of nitrogens with zero attached hydrogens (tertiary/aromatic N) is 2. The lowest BCUT2D eigenvalue weighted by Gasteiger charge is -2.39. The Labute approximate surface area is 159 Å². The second kappa shape index (κ2) is 8.15. The fraction of sp³-hybridized carbons (Fsp3) is 0.600. The van der Waals surface area contributed by atoms with Crippen LogP contribution >= 0.6 is 0 Å². The number of hydrogen-bond acceptors (Lipinski definition) is 3. The number of amides is 3. The highest BCUT2D eigenvalue weighted by atomic mass is 19.1. The third-order valence-corrected chi connectivity index (χ3v) is 5.61. The summed E-state index contributed by atoms with van der Waals surface area (Å²) in [6, 6.07) is 4.48. The molecule has 0 aliphatic carbocycles. The Morgan fingerprint density at radius 2 is 2.15 bits per heavy atom. The maximum Gasteiger partial charge on any atom is 0.317 e. The van der Waals surface area contributed by atoms with Crippen LogP contribution in [0.15, 0.2) is 18.2 Å². The highest BCUT2D eigenvalue weighted by molar-refractivity contribution is 5.85. The van der Waals surface area contributed by atoms with Crippen LogP contribution in [0.4, 0.5) is 9.18 Å². The van der Waals surface area contributed by atoms with Gasteiger partial charge in [-0.05, 0) is 43.9 Å². The Hall–Kier alpha value is -2.31. The maximum absolute atomic E-state index is 14.2. The van der Waals surface area contributed by atoms with Crippen molar-refractivity contribution in [2.75, 3.05) is 33.3 Å². The minimum absolute atomic E-state index is 0.0294. The molecule has 2 saturated heterocycles. The third kappa shape index (κ3) is 4.01. The van der Waals surface area contributed by atoms with E-state index in [1.165, 1.54) is 13.2 Å². The number of nitrogens with one attached hydrogen (secondary N) is 1. The van der Waals surface area contributed by atoms with Crippen molar-refractivity contribution in [3.8, 4) is 5.75 Å². The minimum atomic E-state index is -0.531. The van der Waals surface area contributed by atoms with Crippen molar-refractivity contribution in [1.82, 2.24) is 15.1 Å². The molecule has 3 amide bonds. The molecule has 0 unspecified atom stereocenters. The summed E-state index contributed by atoms with van der Waals surface area (Å²) >= 11 is 0. The van der Waals surface area contributed by atoms with E-state index in [-0.39, 0.29) is 24.3 Å². The molecule has 2 aliphatic rings. The van der Waals surface area contributed by atoms with Gasteiger partial charge in [0.25, 0.3) is 0 Å². The molecule has 0 bridgehead atoms. The summed E-state index contributed by atoms with van der Waals surface area (Å²) in [5.74, 6) is 0.266. The van der Waals surface area contributed by atoms with E-state index < -0.39 is 5.41 Å². The smallest absolute Gasteiger partial charge is 0.317 e. The molecule has 0 aromatic heterocycles. The Morgan fingerprint density at radius 3 is 2.89 bits per heavy atom. The molecule has 6 nitrogen and oxygen atoms in total. The summed E-state index contributed by atoms with van der Waals surface area (Å²) in [5.41, 5.74) is -0.0766. The Bertz CT molecular complexity index is 712. The van der Waals surface area contributed by atoms with Gasteiger partial charge < -0.3 is 19.9 Å². The number of piperidine rings is 1. The fourth-order valence-corrected chi connectivity index (χ4v) is 4.08. The molecule has 2 heterocycles. The van der Waals surface area contributed by atoms with Crippen molar-refractivity contribution in [2.24, 2.45) is 5.41 Å². The summed E-state index contributed by atoms with van der Waals surface area (Å²) < 4.78 is 19.4. The molecule has 0 saturated carbocycles. The normalized spacial score (nSPS) is 22.4. The number of ether oxygens (including phenoxy) is 1. The molecule has 2 aliphatic heterocycles. The number of urea groups is 1. The van der Waals surface area contributed by atoms with Crippen LogP contribution in [0.5, 0.6) is 5.75 Å². The first-order chi connectivity index (χ1) is 13.0. The average molecular weight is 377 g/mol. The van der Waals surface area contributed by atoms with Crippen LogP contribution in [0.1, 0.15) is 38.2 Å². The zero-order valence-corrected chi connectivity index (χ0v) is 16.1.